The molecule has 3 rings (SSSR count). The molecule has 0 aliphatic carbocycles. The molecule has 0 spiro atoms. The van der Waals surface area contributed by atoms with Crippen molar-refractivity contribution in [2.24, 2.45) is 0 Å². The van der Waals surface area contributed by atoms with Gasteiger partial charge in [0, 0.05) is 17.1 Å². The summed E-state index contributed by atoms with van der Waals surface area (Å²) >= 11 is 0. The molecule has 2 nitrogen and oxygen atoms in total. The van der Waals surface area contributed by atoms with Crippen LogP contribution in [0.1, 0.15) is 17.0 Å². The molecule has 0 amide bonds. The van der Waals surface area contributed by atoms with Crippen molar-refractivity contribution >= 4 is 11.6 Å². The SMILES string of the molecule is Cc1ccc(/C=C(/C#N)c2ccc(F)cc2)n1-c1ccccc1. The molecule has 0 saturated carbocycles. The number of aromatic nitrogens is 1. The van der Waals surface area contributed by atoms with E-state index in [9.17, 15) is 9.65 Å². The third-order valence-electron chi connectivity index (χ3n) is 3.69. The maximum Gasteiger partial charge on any atom is 0.123 e. The Morgan fingerprint density at radius 3 is 2.35 bits per heavy atom. The molecular formula is C20H15FN2. The van der Waals surface area contributed by atoms with Crippen LogP contribution in [0.25, 0.3) is 17.3 Å². The van der Waals surface area contributed by atoms with Crippen molar-refractivity contribution in [1.82, 2.24) is 4.57 Å². The largest absolute Gasteiger partial charge is 0.314 e. The molecule has 0 bridgehead atoms. The molecular weight excluding hydrogens is 287 g/mol. The van der Waals surface area contributed by atoms with Crippen LogP contribution in [0.15, 0.2) is 66.7 Å². The van der Waals surface area contributed by atoms with Crippen LogP contribution in [0, 0.1) is 24.1 Å². The number of aryl methyl sites for hydroxylation is 1. The first-order valence-electron chi connectivity index (χ1n) is 7.30. The molecule has 2 aromatic carbocycles. The van der Waals surface area contributed by atoms with Crippen molar-refractivity contribution in [2.75, 3.05) is 0 Å². The van der Waals surface area contributed by atoms with Crippen molar-refractivity contribution in [1.29, 1.82) is 5.26 Å². The van der Waals surface area contributed by atoms with Gasteiger partial charge in [-0.05, 0) is 55.0 Å². The molecule has 0 radical (unpaired) electrons. The molecule has 0 aliphatic rings. The number of hydrogen-bond donors (Lipinski definition) is 0. The molecule has 0 aliphatic heterocycles. The summed E-state index contributed by atoms with van der Waals surface area (Å²) in [6, 6.07) is 22.1. The van der Waals surface area contributed by atoms with Crippen molar-refractivity contribution < 1.29 is 4.39 Å². The zero-order chi connectivity index (χ0) is 16.2. The predicted octanol–water partition coefficient (Wildman–Crippen LogP) is 4.99. The van der Waals surface area contributed by atoms with E-state index < -0.39 is 0 Å². The average Bonchev–Trinajstić information content (AvgIpc) is 2.95. The van der Waals surface area contributed by atoms with Gasteiger partial charge in [-0.15, -0.1) is 0 Å². The predicted molar refractivity (Wildman–Crippen MR) is 90.4 cm³/mol. The molecule has 0 unspecified atom stereocenters. The minimum Gasteiger partial charge on any atom is -0.314 e. The quantitative estimate of drug-likeness (QED) is 0.627. The number of benzene rings is 2. The van der Waals surface area contributed by atoms with Crippen LogP contribution in [0.2, 0.25) is 0 Å². The highest BCUT2D eigenvalue weighted by atomic mass is 19.1. The number of nitriles is 1. The molecule has 1 heterocycles. The van der Waals surface area contributed by atoms with E-state index in [-0.39, 0.29) is 5.82 Å². The summed E-state index contributed by atoms with van der Waals surface area (Å²) in [4.78, 5) is 0. The minimum absolute atomic E-state index is 0.311. The summed E-state index contributed by atoms with van der Waals surface area (Å²) < 4.78 is 15.1. The van der Waals surface area contributed by atoms with Gasteiger partial charge in [-0.2, -0.15) is 5.26 Å². The zero-order valence-electron chi connectivity index (χ0n) is 12.7. The number of rotatable bonds is 3. The van der Waals surface area contributed by atoms with Crippen LogP contribution >= 0.6 is 0 Å². The fourth-order valence-electron chi connectivity index (χ4n) is 2.56. The van der Waals surface area contributed by atoms with E-state index in [2.05, 4.69) is 10.6 Å². The number of allylic oxidation sites excluding steroid dienone is 1. The standard InChI is InChI=1S/C20H15FN2/c1-15-7-12-20(23(15)19-5-3-2-4-6-19)13-17(14-22)16-8-10-18(21)11-9-16/h2-13H,1H3/b17-13-. The molecule has 1 aromatic heterocycles. The van der Waals surface area contributed by atoms with Gasteiger partial charge < -0.3 is 4.57 Å². The summed E-state index contributed by atoms with van der Waals surface area (Å²) in [6.07, 6.45) is 1.83. The topological polar surface area (TPSA) is 28.7 Å². The van der Waals surface area contributed by atoms with Gasteiger partial charge in [-0.3, -0.25) is 0 Å². The van der Waals surface area contributed by atoms with Gasteiger partial charge >= 0.3 is 0 Å². The molecule has 3 heteroatoms. The second-order valence-corrected chi connectivity index (χ2v) is 5.25. The van der Waals surface area contributed by atoms with Gasteiger partial charge in [0.1, 0.15) is 5.82 Å². The maximum absolute atomic E-state index is 13.1. The fraction of sp³-hybridized carbons (Fsp3) is 0.0500. The maximum atomic E-state index is 13.1. The van der Waals surface area contributed by atoms with Crippen LogP contribution in [0.3, 0.4) is 0 Å². The van der Waals surface area contributed by atoms with Gasteiger partial charge in [-0.1, -0.05) is 30.3 Å². The molecule has 23 heavy (non-hydrogen) atoms. The van der Waals surface area contributed by atoms with E-state index in [0.717, 1.165) is 17.1 Å². The molecule has 0 atom stereocenters. The van der Waals surface area contributed by atoms with E-state index in [1.165, 1.54) is 12.1 Å². The van der Waals surface area contributed by atoms with Crippen molar-refractivity contribution in [2.45, 2.75) is 6.92 Å². The summed E-state index contributed by atoms with van der Waals surface area (Å²) in [5, 5.41) is 9.46. The number of para-hydroxylation sites is 1. The van der Waals surface area contributed by atoms with E-state index in [1.807, 2.05) is 55.5 Å². The lowest BCUT2D eigenvalue weighted by Crippen LogP contribution is -1.98. The first kappa shape index (κ1) is 14.8. The van der Waals surface area contributed by atoms with Gasteiger partial charge in [0.25, 0.3) is 0 Å². The van der Waals surface area contributed by atoms with Crippen molar-refractivity contribution in [3.63, 3.8) is 0 Å². The monoisotopic (exact) mass is 302 g/mol. The highest BCUT2D eigenvalue weighted by Gasteiger charge is 2.08. The Balaban J connectivity index is 2.09. The highest BCUT2D eigenvalue weighted by molar-refractivity contribution is 5.89. The summed E-state index contributed by atoms with van der Waals surface area (Å²) in [5.74, 6) is -0.311. The highest BCUT2D eigenvalue weighted by Crippen LogP contribution is 2.22. The lowest BCUT2D eigenvalue weighted by Gasteiger charge is -2.10. The number of hydrogen-bond acceptors (Lipinski definition) is 1. The average molecular weight is 302 g/mol. The lowest BCUT2D eigenvalue weighted by molar-refractivity contribution is 0.627. The van der Waals surface area contributed by atoms with Crippen LogP contribution in [0.5, 0.6) is 0 Å². The van der Waals surface area contributed by atoms with Gasteiger partial charge in [0.05, 0.1) is 11.6 Å². The van der Waals surface area contributed by atoms with Gasteiger partial charge in [-0.25, -0.2) is 4.39 Å². The third-order valence-corrected chi connectivity index (χ3v) is 3.69. The lowest BCUT2D eigenvalue weighted by atomic mass is 10.1. The Labute approximate surface area is 134 Å². The van der Waals surface area contributed by atoms with Crippen molar-refractivity contribution in [3.8, 4) is 11.8 Å². The number of nitrogens with zero attached hydrogens (tertiary/aromatic N) is 2. The Morgan fingerprint density at radius 1 is 1.00 bits per heavy atom. The van der Waals surface area contributed by atoms with Crippen molar-refractivity contribution in [3.05, 3.63) is 89.5 Å². The van der Waals surface area contributed by atoms with E-state index >= 15 is 0 Å². The summed E-state index contributed by atoms with van der Waals surface area (Å²) in [6.45, 7) is 2.02. The second-order valence-electron chi connectivity index (χ2n) is 5.25. The van der Waals surface area contributed by atoms with Gasteiger partial charge in [0.2, 0.25) is 0 Å². The van der Waals surface area contributed by atoms with Crippen LogP contribution in [0.4, 0.5) is 4.39 Å². The molecule has 0 N–H and O–H groups in total. The third kappa shape index (κ3) is 3.07. The van der Waals surface area contributed by atoms with E-state index in [4.69, 9.17) is 0 Å². The first-order valence-corrected chi connectivity index (χ1v) is 7.30. The normalized spacial score (nSPS) is 11.3. The molecule has 0 fully saturated rings. The summed E-state index contributed by atoms with van der Waals surface area (Å²) in [5.41, 5.74) is 4.23. The van der Waals surface area contributed by atoms with Crippen LogP contribution in [-0.2, 0) is 0 Å². The second kappa shape index (κ2) is 6.33. The van der Waals surface area contributed by atoms with E-state index in [1.54, 1.807) is 12.1 Å². The Morgan fingerprint density at radius 2 is 1.70 bits per heavy atom. The molecule has 112 valence electrons. The Kier molecular flexibility index (Phi) is 4.07. The summed E-state index contributed by atoms with van der Waals surface area (Å²) in [7, 11) is 0. The smallest absolute Gasteiger partial charge is 0.123 e. The molecule has 0 saturated heterocycles. The zero-order valence-corrected chi connectivity index (χ0v) is 12.7. The first-order chi connectivity index (χ1) is 11.2. The van der Waals surface area contributed by atoms with Crippen LogP contribution < -0.4 is 0 Å². The molecule has 3 aromatic rings. The van der Waals surface area contributed by atoms with Crippen LogP contribution in [-0.4, -0.2) is 4.57 Å². The minimum atomic E-state index is -0.311. The Hall–Kier alpha value is -3.12. The van der Waals surface area contributed by atoms with Gasteiger partial charge in [0.15, 0.2) is 0 Å². The number of halogens is 1. The fourth-order valence-corrected chi connectivity index (χ4v) is 2.56. The van der Waals surface area contributed by atoms with E-state index in [0.29, 0.717) is 11.1 Å². The Bertz CT molecular complexity index is 882.